The molecule has 0 fully saturated rings. The standard InChI is InChI=1S/C25H28N2O4/c1-4-30-23-15-12-21(16-24(23)29-3)26-18(2)25(28)27-20-10-13-22(14-11-20)31-17-19-8-6-5-7-9-19/h5-16,18,26H,4,17H2,1-3H3,(H,27,28)/t18-/m0/s1. The van der Waals surface area contributed by atoms with Gasteiger partial charge in [-0.15, -0.1) is 0 Å². The molecule has 1 atom stereocenters. The van der Waals surface area contributed by atoms with Crippen LogP contribution in [0.1, 0.15) is 19.4 Å². The van der Waals surface area contributed by atoms with Gasteiger partial charge in [0, 0.05) is 17.4 Å². The third-order valence-electron chi connectivity index (χ3n) is 4.61. The molecule has 0 aliphatic carbocycles. The molecule has 0 spiro atoms. The van der Waals surface area contributed by atoms with Crippen LogP contribution in [-0.2, 0) is 11.4 Å². The Labute approximate surface area is 183 Å². The lowest BCUT2D eigenvalue weighted by Crippen LogP contribution is -2.31. The Morgan fingerprint density at radius 1 is 0.903 bits per heavy atom. The first-order chi connectivity index (χ1) is 15.1. The summed E-state index contributed by atoms with van der Waals surface area (Å²) in [5, 5.41) is 6.09. The lowest BCUT2D eigenvalue weighted by atomic mass is 10.2. The molecular weight excluding hydrogens is 392 g/mol. The second-order valence-electron chi connectivity index (χ2n) is 6.95. The molecular formula is C25H28N2O4. The van der Waals surface area contributed by atoms with Crippen molar-refractivity contribution in [2.45, 2.75) is 26.5 Å². The van der Waals surface area contributed by atoms with Crippen LogP contribution in [-0.4, -0.2) is 25.7 Å². The molecule has 0 aliphatic rings. The first kappa shape index (κ1) is 22.0. The van der Waals surface area contributed by atoms with Gasteiger partial charge >= 0.3 is 0 Å². The Hall–Kier alpha value is -3.67. The third kappa shape index (κ3) is 6.40. The molecule has 0 bridgehead atoms. The van der Waals surface area contributed by atoms with Crippen molar-refractivity contribution in [2.75, 3.05) is 24.4 Å². The molecule has 0 aromatic heterocycles. The smallest absolute Gasteiger partial charge is 0.246 e. The minimum absolute atomic E-state index is 0.147. The van der Waals surface area contributed by atoms with E-state index >= 15 is 0 Å². The molecule has 0 aliphatic heterocycles. The van der Waals surface area contributed by atoms with E-state index in [1.165, 1.54) is 0 Å². The SMILES string of the molecule is CCOc1ccc(N[C@@H](C)C(=O)Nc2ccc(OCc3ccccc3)cc2)cc1OC. The van der Waals surface area contributed by atoms with Crippen molar-refractivity contribution in [2.24, 2.45) is 0 Å². The summed E-state index contributed by atoms with van der Waals surface area (Å²) in [5.74, 6) is 1.88. The number of anilines is 2. The number of carbonyl (C=O) groups excluding carboxylic acids is 1. The van der Waals surface area contributed by atoms with Gasteiger partial charge in [0.25, 0.3) is 0 Å². The maximum atomic E-state index is 12.6. The average Bonchev–Trinajstić information content (AvgIpc) is 2.80. The van der Waals surface area contributed by atoms with Crippen LogP contribution in [0.2, 0.25) is 0 Å². The van der Waals surface area contributed by atoms with Gasteiger partial charge in [-0.05, 0) is 55.8 Å². The van der Waals surface area contributed by atoms with Gasteiger partial charge in [0.2, 0.25) is 5.91 Å². The number of hydrogen-bond acceptors (Lipinski definition) is 5. The van der Waals surface area contributed by atoms with E-state index in [4.69, 9.17) is 14.2 Å². The zero-order valence-corrected chi connectivity index (χ0v) is 18.1. The topological polar surface area (TPSA) is 68.8 Å². The number of amides is 1. The number of benzene rings is 3. The number of nitrogens with one attached hydrogen (secondary N) is 2. The van der Waals surface area contributed by atoms with E-state index < -0.39 is 6.04 Å². The summed E-state index contributed by atoms with van der Waals surface area (Å²) in [4.78, 5) is 12.6. The quantitative estimate of drug-likeness (QED) is 0.477. The molecule has 2 N–H and O–H groups in total. The van der Waals surface area contributed by atoms with Gasteiger partial charge in [-0.2, -0.15) is 0 Å². The van der Waals surface area contributed by atoms with Crippen molar-refractivity contribution < 1.29 is 19.0 Å². The van der Waals surface area contributed by atoms with E-state index in [1.54, 1.807) is 14.0 Å². The van der Waals surface area contributed by atoms with Crippen LogP contribution in [0.25, 0.3) is 0 Å². The second kappa shape index (κ2) is 10.9. The zero-order valence-electron chi connectivity index (χ0n) is 18.1. The first-order valence-corrected chi connectivity index (χ1v) is 10.2. The average molecular weight is 421 g/mol. The summed E-state index contributed by atoms with van der Waals surface area (Å²) in [6.07, 6.45) is 0. The lowest BCUT2D eigenvalue weighted by Gasteiger charge is -2.17. The highest BCUT2D eigenvalue weighted by Crippen LogP contribution is 2.30. The van der Waals surface area contributed by atoms with E-state index in [0.29, 0.717) is 30.4 Å². The van der Waals surface area contributed by atoms with Gasteiger partial charge in [-0.1, -0.05) is 30.3 Å². The van der Waals surface area contributed by atoms with Crippen LogP contribution >= 0.6 is 0 Å². The summed E-state index contributed by atoms with van der Waals surface area (Å²) in [6.45, 7) is 4.77. The Kier molecular flexibility index (Phi) is 7.76. The lowest BCUT2D eigenvalue weighted by molar-refractivity contribution is -0.116. The normalized spacial score (nSPS) is 11.3. The highest BCUT2D eigenvalue weighted by molar-refractivity contribution is 5.96. The van der Waals surface area contributed by atoms with Crippen molar-refractivity contribution in [3.05, 3.63) is 78.4 Å². The van der Waals surface area contributed by atoms with E-state index in [1.807, 2.05) is 79.7 Å². The van der Waals surface area contributed by atoms with Crippen LogP contribution in [0.5, 0.6) is 17.2 Å². The largest absolute Gasteiger partial charge is 0.493 e. The number of rotatable bonds is 10. The van der Waals surface area contributed by atoms with Crippen molar-refractivity contribution in [1.82, 2.24) is 0 Å². The van der Waals surface area contributed by atoms with Gasteiger partial charge < -0.3 is 24.8 Å². The molecule has 0 unspecified atom stereocenters. The Bertz CT molecular complexity index is 975. The fourth-order valence-electron chi connectivity index (χ4n) is 2.97. The molecule has 3 aromatic carbocycles. The zero-order chi connectivity index (χ0) is 22.1. The molecule has 6 heteroatoms. The molecule has 6 nitrogen and oxygen atoms in total. The van der Waals surface area contributed by atoms with E-state index in [-0.39, 0.29) is 5.91 Å². The summed E-state index contributed by atoms with van der Waals surface area (Å²) in [6, 6.07) is 22.3. The molecule has 0 saturated heterocycles. The van der Waals surface area contributed by atoms with Crippen molar-refractivity contribution in [3.63, 3.8) is 0 Å². The predicted molar refractivity (Wildman–Crippen MR) is 123 cm³/mol. The molecule has 3 aromatic rings. The summed E-state index contributed by atoms with van der Waals surface area (Å²) in [7, 11) is 1.59. The van der Waals surface area contributed by atoms with E-state index in [0.717, 1.165) is 17.0 Å². The number of hydrogen-bond donors (Lipinski definition) is 2. The highest BCUT2D eigenvalue weighted by Gasteiger charge is 2.14. The maximum absolute atomic E-state index is 12.6. The summed E-state index contributed by atoms with van der Waals surface area (Å²) >= 11 is 0. The molecule has 31 heavy (non-hydrogen) atoms. The van der Waals surface area contributed by atoms with Crippen LogP contribution < -0.4 is 24.8 Å². The van der Waals surface area contributed by atoms with Crippen molar-refractivity contribution >= 4 is 17.3 Å². The van der Waals surface area contributed by atoms with Crippen LogP contribution in [0.15, 0.2) is 72.8 Å². The minimum atomic E-state index is -0.448. The van der Waals surface area contributed by atoms with Crippen molar-refractivity contribution in [3.8, 4) is 17.2 Å². The monoisotopic (exact) mass is 420 g/mol. The molecule has 0 heterocycles. The minimum Gasteiger partial charge on any atom is -0.493 e. The van der Waals surface area contributed by atoms with Gasteiger partial charge in [0.1, 0.15) is 18.4 Å². The van der Waals surface area contributed by atoms with E-state index in [2.05, 4.69) is 10.6 Å². The van der Waals surface area contributed by atoms with Crippen LogP contribution in [0, 0.1) is 0 Å². The van der Waals surface area contributed by atoms with Gasteiger partial charge in [-0.25, -0.2) is 0 Å². The second-order valence-corrected chi connectivity index (χ2v) is 6.95. The van der Waals surface area contributed by atoms with Crippen molar-refractivity contribution in [1.29, 1.82) is 0 Å². The summed E-state index contributed by atoms with van der Waals surface area (Å²) in [5.41, 5.74) is 2.58. The third-order valence-corrected chi connectivity index (χ3v) is 4.61. The highest BCUT2D eigenvalue weighted by atomic mass is 16.5. The Balaban J connectivity index is 1.53. The van der Waals surface area contributed by atoms with Crippen LogP contribution in [0.3, 0.4) is 0 Å². The maximum Gasteiger partial charge on any atom is 0.246 e. The summed E-state index contributed by atoms with van der Waals surface area (Å²) < 4.78 is 16.7. The molecule has 162 valence electrons. The first-order valence-electron chi connectivity index (χ1n) is 10.2. The Morgan fingerprint density at radius 2 is 1.61 bits per heavy atom. The van der Waals surface area contributed by atoms with Crippen LogP contribution in [0.4, 0.5) is 11.4 Å². The van der Waals surface area contributed by atoms with Gasteiger partial charge in [0.15, 0.2) is 11.5 Å². The molecule has 3 rings (SSSR count). The van der Waals surface area contributed by atoms with E-state index in [9.17, 15) is 4.79 Å². The van der Waals surface area contributed by atoms with Gasteiger partial charge in [-0.3, -0.25) is 4.79 Å². The predicted octanol–water partition coefficient (Wildman–Crippen LogP) is 5.11. The Morgan fingerprint density at radius 3 is 2.29 bits per heavy atom. The molecule has 0 saturated carbocycles. The van der Waals surface area contributed by atoms with Gasteiger partial charge in [0.05, 0.1) is 13.7 Å². The number of ether oxygens (including phenoxy) is 3. The number of carbonyl (C=O) groups is 1. The fraction of sp³-hybridized carbons (Fsp3) is 0.240. The fourth-order valence-corrected chi connectivity index (χ4v) is 2.97. The number of methoxy groups -OCH3 is 1. The molecule has 0 radical (unpaired) electrons. The molecule has 1 amide bonds.